The Kier molecular flexibility index (Phi) is 7.60. The first-order valence-corrected chi connectivity index (χ1v) is 6.31. The third-order valence-electron chi connectivity index (χ3n) is 3.20. The van der Waals surface area contributed by atoms with E-state index in [9.17, 15) is 4.79 Å². The highest BCUT2D eigenvalue weighted by Crippen LogP contribution is 2.19. The van der Waals surface area contributed by atoms with Crippen molar-refractivity contribution in [2.24, 2.45) is 5.41 Å². The van der Waals surface area contributed by atoms with Crippen molar-refractivity contribution in [3.05, 3.63) is 0 Å². The van der Waals surface area contributed by atoms with Crippen LogP contribution in [-0.4, -0.2) is 56.4 Å². The van der Waals surface area contributed by atoms with Crippen LogP contribution >= 0.6 is 0 Å². The van der Waals surface area contributed by atoms with Crippen molar-refractivity contribution in [3.8, 4) is 0 Å². The summed E-state index contributed by atoms with van der Waals surface area (Å²) in [6.07, 6.45) is 3.20. The summed E-state index contributed by atoms with van der Waals surface area (Å²) in [6, 6.07) is 0. The average molecular weight is 228 g/mol. The summed E-state index contributed by atoms with van der Waals surface area (Å²) in [5.74, 6) is 0. The quantitative estimate of drug-likeness (QED) is 0.563. The predicted octanol–water partition coefficient (Wildman–Crippen LogP) is 1.88. The van der Waals surface area contributed by atoms with E-state index in [1.807, 2.05) is 0 Å². The highest BCUT2D eigenvalue weighted by molar-refractivity contribution is 5.58. The van der Waals surface area contributed by atoms with Gasteiger partial charge in [0.25, 0.3) is 0 Å². The van der Waals surface area contributed by atoms with E-state index in [-0.39, 0.29) is 5.41 Å². The van der Waals surface area contributed by atoms with Crippen LogP contribution in [0.4, 0.5) is 0 Å². The van der Waals surface area contributed by atoms with Gasteiger partial charge in [-0.1, -0.05) is 20.8 Å². The van der Waals surface area contributed by atoms with Crippen molar-refractivity contribution in [3.63, 3.8) is 0 Å². The molecule has 1 atom stereocenters. The number of hydrogen-bond donors (Lipinski definition) is 0. The van der Waals surface area contributed by atoms with Gasteiger partial charge >= 0.3 is 0 Å². The van der Waals surface area contributed by atoms with Crippen LogP contribution in [0.15, 0.2) is 0 Å². The maximum absolute atomic E-state index is 11.1. The second kappa shape index (κ2) is 7.80. The van der Waals surface area contributed by atoms with Gasteiger partial charge < -0.3 is 14.6 Å². The molecule has 0 radical (unpaired) electrons. The lowest BCUT2D eigenvalue weighted by atomic mass is 9.89. The van der Waals surface area contributed by atoms with Crippen molar-refractivity contribution in [2.45, 2.75) is 33.6 Å². The summed E-state index contributed by atoms with van der Waals surface area (Å²) in [5.41, 5.74) is -0.172. The highest BCUT2D eigenvalue weighted by Gasteiger charge is 2.23. The smallest absolute Gasteiger partial charge is 0.127 e. The van der Waals surface area contributed by atoms with E-state index in [2.05, 4.69) is 44.7 Å². The molecule has 0 aliphatic heterocycles. The Labute approximate surface area is 101 Å². The summed E-state index contributed by atoms with van der Waals surface area (Å²) < 4.78 is 0. The number of aldehydes is 1. The number of carbonyl (C=O) groups is 1. The molecule has 0 aliphatic carbocycles. The van der Waals surface area contributed by atoms with E-state index < -0.39 is 0 Å². The molecule has 3 heteroatoms. The first kappa shape index (κ1) is 15.6. The SMILES string of the molecule is CCN(CCCN(C)C)CC(C)(C=O)CC. The monoisotopic (exact) mass is 228 g/mol. The summed E-state index contributed by atoms with van der Waals surface area (Å²) >= 11 is 0. The normalized spacial score (nSPS) is 15.4. The molecule has 96 valence electrons. The molecular formula is C13H28N2O. The minimum Gasteiger partial charge on any atom is -0.309 e. The molecule has 1 unspecified atom stereocenters. The van der Waals surface area contributed by atoms with E-state index in [1.54, 1.807) is 0 Å². The number of nitrogens with zero attached hydrogens (tertiary/aromatic N) is 2. The molecule has 0 spiro atoms. The highest BCUT2D eigenvalue weighted by atomic mass is 16.1. The van der Waals surface area contributed by atoms with E-state index in [1.165, 1.54) is 6.42 Å². The Hall–Kier alpha value is -0.410. The van der Waals surface area contributed by atoms with Crippen LogP contribution in [0, 0.1) is 5.41 Å². The molecule has 0 aromatic rings. The maximum atomic E-state index is 11.1. The minimum atomic E-state index is -0.172. The Morgan fingerprint density at radius 3 is 2.19 bits per heavy atom. The van der Waals surface area contributed by atoms with Gasteiger partial charge in [0.1, 0.15) is 6.29 Å². The third kappa shape index (κ3) is 6.23. The molecule has 0 saturated heterocycles. The van der Waals surface area contributed by atoms with Gasteiger partial charge in [0, 0.05) is 12.0 Å². The van der Waals surface area contributed by atoms with E-state index in [4.69, 9.17) is 0 Å². The van der Waals surface area contributed by atoms with E-state index in [0.717, 1.165) is 38.9 Å². The molecule has 0 rings (SSSR count). The summed E-state index contributed by atoms with van der Waals surface area (Å²) in [7, 11) is 4.19. The van der Waals surface area contributed by atoms with Gasteiger partial charge in [-0.15, -0.1) is 0 Å². The summed E-state index contributed by atoms with van der Waals surface area (Å²) in [4.78, 5) is 15.6. The van der Waals surface area contributed by atoms with E-state index in [0.29, 0.717) is 0 Å². The molecule has 0 amide bonds. The lowest BCUT2D eigenvalue weighted by molar-refractivity contribution is -0.116. The van der Waals surface area contributed by atoms with Gasteiger partial charge in [-0.25, -0.2) is 0 Å². The zero-order valence-corrected chi connectivity index (χ0v) is 11.6. The molecule has 0 aromatic heterocycles. The van der Waals surface area contributed by atoms with Crippen LogP contribution in [0.25, 0.3) is 0 Å². The van der Waals surface area contributed by atoms with Gasteiger partial charge in [-0.05, 0) is 46.6 Å². The zero-order chi connectivity index (χ0) is 12.6. The van der Waals surface area contributed by atoms with Gasteiger partial charge in [-0.2, -0.15) is 0 Å². The molecule has 0 aliphatic rings. The van der Waals surface area contributed by atoms with Gasteiger partial charge in [0.2, 0.25) is 0 Å². The first-order chi connectivity index (χ1) is 7.47. The molecule has 0 N–H and O–H groups in total. The minimum absolute atomic E-state index is 0.172. The average Bonchev–Trinajstić information content (AvgIpc) is 2.27. The van der Waals surface area contributed by atoms with Crippen molar-refractivity contribution in [1.82, 2.24) is 9.80 Å². The van der Waals surface area contributed by atoms with Crippen LogP contribution in [0.1, 0.15) is 33.6 Å². The Morgan fingerprint density at radius 1 is 1.19 bits per heavy atom. The second-order valence-electron chi connectivity index (χ2n) is 5.15. The van der Waals surface area contributed by atoms with Crippen LogP contribution < -0.4 is 0 Å². The van der Waals surface area contributed by atoms with Crippen molar-refractivity contribution >= 4 is 6.29 Å². The van der Waals surface area contributed by atoms with Crippen LogP contribution in [0.3, 0.4) is 0 Å². The number of hydrogen-bond acceptors (Lipinski definition) is 3. The first-order valence-electron chi connectivity index (χ1n) is 6.31. The topological polar surface area (TPSA) is 23.6 Å². The maximum Gasteiger partial charge on any atom is 0.127 e. The zero-order valence-electron chi connectivity index (χ0n) is 11.6. The van der Waals surface area contributed by atoms with Crippen LogP contribution in [0.5, 0.6) is 0 Å². The van der Waals surface area contributed by atoms with Crippen molar-refractivity contribution < 1.29 is 4.79 Å². The number of carbonyl (C=O) groups excluding carboxylic acids is 1. The Morgan fingerprint density at radius 2 is 1.81 bits per heavy atom. The molecule has 0 heterocycles. The Balaban J connectivity index is 4.03. The number of rotatable bonds is 9. The third-order valence-corrected chi connectivity index (χ3v) is 3.20. The van der Waals surface area contributed by atoms with E-state index >= 15 is 0 Å². The molecule has 0 aromatic carbocycles. The predicted molar refractivity (Wildman–Crippen MR) is 69.7 cm³/mol. The largest absolute Gasteiger partial charge is 0.309 e. The molecule has 3 nitrogen and oxygen atoms in total. The van der Waals surface area contributed by atoms with Crippen LogP contribution in [-0.2, 0) is 4.79 Å². The van der Waals surface area contributed by atoms with Gasteiger partial charge in [0.15, 0.2) is 0 Å². The van der Waals surface area contributed by atoms with Crippen molar-refractivity contribution in [1.29, 1.82) is 0 Å². The lowest BCUT2D eigenvalue weighted by Gasteiger charge is -2.30. The second-order valence-corrected chi connectivity index (χ2v) is 5.15. The molecular weight excluding hydrogens is 200 g/mol. The molecule has 0 fully saturated rings. The standard InChI is InChI=1S/C13H28N2O/c1-6-13(3,12-16)11-15(7-2)10-8-9-14(4)5/h12H,6-11H2,1-5H3. The fraction of sp³-hybridized carbons (Fsp3) is 0.923. The summed E-state index contributed by atoms with van der Waals surface area (Å²) in [5, 5.41) is 0. The summed E-state index contributed by atoms with van der Waals surface area (Å²) in [6.45, 7) is 10.4. The van der Waals surface area contributed by atoms with Crippen LogP contribution in [0.2, 0.25) is 0 Å². The Bertz CT molecular complexity index is 194. The lowest BCUT2D eigenvalue weighted by Crippen LogP contribution is -2.38. The molecule has 0 saturated carbocycles. The van der Waals surface area contributed by atoms with Gasteiger partial charge in [0.05, 0.1) is 0 Å². The molecule has 16 heavy (non-hydrogen) atoms. The van der Waals surface area contributed by atoms with Gasteiger partial charge in [-0.3, -0.25) is 0 Å². The molecule has 0 bridgehead atoms. The fourth-order valence-electron chi connectivity index (χ4n) is 1.70. The fourth-order valence-corrected chi connectivity index (χ4v) is 1.70. The van der Waals surface area contributed by atoms with Crippen molar-refractivity contribution in [2.75, 3.05) is 40.3 Å².